The predicted molar refractivity (Wildman–Crippen MR) is 89.4 cm³/mol. The molecule has 0 spiro atoms. The molecule has 0 fully saturated rings. The lowest BCUT2D eigenvalue weighted by Crippen LogP contribution is -2.19. The van der Waals surface area contributed by atoms with E-state index in [1.54, 1.807) is 18.2 Å². The molecule has 4 nitrogen and oxygen atoms in total. The minimum Gasteiger partial charge on any atom is -0.478 e. The monoisotopic (exact) mass is 320 g/mol. The molecule has 0 aliphatic heterocycles. The van der Waals surface area contributed by atoms with Crippen molar-refractivity contribution >= 4 is 46.3 Å². The summed E-state index contributed by atoms with van der Waals surface area (Å²) in [4.78, 5) is 10.9. The molecule has 0 unspecified atom stereocenters. The van der Waals surface area contributed by atoms with E-state index < -0.39 is 5.97 Å². The summed E-state index contributed by atoms with van der Waals surface area (Å²) < 4.78 is 0. The highest BCUT2D eigenvalue weighted by Crippen LogP contribution is 2.20. The summed E-state index contributed by atoms with van der Waals surface area (Å²) >= 11 is 11.2. The number of nitrogens with one attached hydrogen (secondary N) is 2. The maximum atomic E-state index is 10.9. The van der Waals surface area contributed by atoms with Crippen LogP contribution in [0.25, 0.3) is 0 Å². The third kappa shape index (κ3) is 4.18. The van der Waals surface area contributed by atoms with Gasteiger partial charge in [0.2, 0.25) is 0 Å². The number of rotatable bonds is 3. The van der Waals surface area contributed by atoms with Crippen molar-refractivity contribution in [3.63, 3.8) is 0 Å². The molecule has 21 heavy (non-hydrogen) atoms. The highest BCUT2D eigenvalue weighted by Gasteiger charge is 2.05. The van der Waals surface area contributed by atoms with Crippen LogP contribution >= 0.6 is 23.8 Å². The van der Waals surface area contributed by atoms with E-state index in [1.807, 2.05) is 19.1 Å². The van der Waals surface area contributed by atoms with Gasteiger partial charge in [0.05, 0.1) is 5.56 Å². The number of anilines is 2. The van der Waals surface area contributed by atoms with Crippen molar-refractivity contribution < 1.29 is 9.90 Å². The average Bonchev–Trinajstić information content (AvgIpc) is 2.43. The van der Waals surface area contributed by atoms with Gasteiger partial charge in [0.25, 0.3) is 0 Å². The number of carboxylic acids is 1. The number of aryl methyl sites for hydroxylation is 1. The molecule has 0 amide bonds. The van der Waals surface area contributed by atoms with E-state index in [-0.39, 0.29) is 5.56 Å². The van der Waals surface area contributed by atoms with Gasteiger partial charge in [0.15, 0.2) is 5.11 Å². The van der Waals surface area contributed by atoms with Crippen LogP contribution in [-0.4, -0.2) is 16.2 Å². The van der Waals surface area contributed by atoms with Gasteiger partial charge in [0, 0.05) is 16.4 Å². The van der Waals surface area contributed by atoms with Crippen molar-refractivity contribution in [2.75, 3.05) is 10.6 Å². The zero-order valence-electron chi connectivity index (χ0n) is 11.2. The van der Waals surface area contributed by atoms with Gasteiger partial charge in [-0.25, -0.2) is 4.79 Å². The van der Waals surface area contributed by atoms with E-state index in [1.165, 1.54) is 12.1 Å². The first-order valence-electron chi connectivity index (χ1n) is 6.13. The first-order chi connectivity index (χ1) is 9.95. The normalized spacial score (nSPS) is 10.0. The molecule has 0 aliphatic carbocycles. The number of carbonyl (C=O) groups is 1. The van der Waals surface area contributed by atoms with Crippen molar-refractivity contribution in [2.45, 2.75) is 6.92 Å². The Bertz CT molecular complexity index is 704. The topological polar surface area (TPSA) is 61.4 Å². The van der Waals surface area contributed by atoms with E-state index >= 15 is 0 Å². The zero-order valence-corrected chi connectivity index (χ0v) is 12.8. The molecule has 2 aromatic rings. The van der Waals surface area contributed by atoms with Crippen LogP contribution in [0.3, 0.4) is 0 Å². The maximum absolute atomic E-state index is 10.9. The Hall–Kier alpha value is -2.11. The van der Waals surface area contributed by atoms with E-state index in [9.17, 15) is 4.79 Å². The van der Waals surface area contributed by atoms with Crippen molar-refractivity contribution in [3.8, 4) is 0 Å². The van der Waals surface area contributed by atoms with E-state index in [4.69, 9.17) is 28.9 Å². The van der Waals surface area contributed by atoms with Gasteiger partial charge in [-0.1, -0.05) is 23.7 Å². The average molecular weight is 321 g/mol. The number of halogens is 1. The smallest absolute Gasteiger partial charge is 0.335 e. The van der Waals surface area contributed by atoms with Gasteiger partial charge >= 0.3 is 5.97 Å². The Balaban J connectivity index is 2.06. The number of aromatic carboxylic acids is 1. The molecular weight excluding hydrogens is 308 g/mol. The summed E-state index contributed by atoms with van der Waals surface area (Å²) in [6, 6.07) is 11.9. The minimum absolute atomic E-state index is 0.196. The second-order valence-corrected chi connectivity index (χ2v) is 5.24. The number of carboxylic acid groups (broad SMARTS) is 1. The molecule has 108 valence electrons. The van der Waals surface area contributed by atoms with Gasteiger partial charge in [-0.3, -0.25) is 0 Å². The lowest BCUT2D eigenvalue weighted by molar-refractivity contribution is 0.0697. The Morgan fingerprint density at radius 3 is 2.43 bits per heavy atom. The van der Waals surface area contributed by atoms with Gasteiger partial charge in [0.1, 0.15) is 0 Å². The second kappa shape index (κ2) is 6.56. The molecule has 3 N–H and O–H groups in total. The summed E-state index contributed by atoms with van der Waals surface area (Å²) in [6.07, 6.45) is 0. The van der Waals surface area contributed by atoms with Crippen molar-refractivity contribution in [2.24, 2.45) is 0 Å². The van der Waals surface area contributed by atoms with E-state index in [0.29, 0.717) is 15.8 Å². The SMILES string of the molecule is Cc1ccc(NC(=S)Nc2cccc(C(=O)O)c2)cc1Cl. The maximum Gasteiger partial charge on any atom is 0.335 e. The molecule has 6 heteroatoms. The Kier molecular flexibility index (Phi) is 4.77. The van der Waals surface area contributed by atoms with Gasteiger partial charge in [-0.15, -0.1) is 0 Å². The molecule has 0 saturated heterocycles. The molecule has 0 heterocycles. The van der Waals surface area contributed by atoms with Crippen LogP contribution in [0.2, 0.25) is 5.02 Å². The molecule has 2 rings (SSSR count). The molecule has 0 aliphatic rings. The Labute approximate surface area is 132 Å². The summed E-state index contributed by atoms with van der Waals surface area (Å²) in [5, 5.41) is 15.9. The van der Waals surface area contributed by atoms with Gasteiger partial charge in [-0.2, -0.15) is 0 Å². The Morgan fingerprint density at radius 1 is 1.14 bits per heavy atom. The lowest BCUT2D eigenvalue weighted by Gasteiger charge is -2.11. The quantitative estimate of drug-likeness (QED) is 0.741. The zero-order chi connectivity index (χ0) is 15.4. The highest BCUT2D eigenvalue weighted by atomic mass is 35.5. The molecule has 0 bridgehead atoms. The van der Waals surface area contributed by atoms with Crippen LogP contribution in [-0.2, 0) is 0 Å². The van der Waals surface area contributed by atoms with Crippen LogP contribution in [0.15, 0.2) is 42.5 Å². The second-order valence-electron chi connectivity index (χ2n) is 4.43. The number of benzene rings is 2. The number of thiocarbonyl (C=S) groups is 1. The van der Waals surface area contributed by atoms with Crippen LogP contribution < -0.4 is 10.6 Å². The van der Waals surface area contributed by atoms with Crippen LogP contribution in [0, 0.1) is 6.92 Å². The fourth-order valence-electron chi connectivity index (χ4n) is 1.69. The fourth-order valence-corrected chi connectivity index (χ4v) is 2.11. The standard InChI is InChI=1S/C15H13ClN2O2S/c1-9-5-6-12(8-13(9)16)18-15(21)17-11-4-2-3-10(7-11)14(19)20/h2-8H,1H3,(H,19,20)(H2,17,18,21). The van der Waals surface area contributed by atoms with Crippen LogP contribution in [0.4, 0.5) is 11.4 Å². The fraction of sp³-hybridized carbons (Fsp3) is 0.0667. The summed E-state index contributed by atoms with van der Waals surface area (Å²) in [5.74, 6) is -0.983. The van der Waals surface area contributed by atoms with Crippen molar-refractivity contribution in [1.29, 1.82) is 0 Å². The molecule has 0 radical (unpaired) electrons. The highest BCUT2D eigenvalue weighted by molar-refractivity contribution is 7.80. The van der Waals surface area contributed by atoms with E-state index in [0.717, 1.165) is 11.3 Å². The Morgan fingerprint density at radius 2 is 1.81 bits per heavy atom. The first-order valence-corrected chi connectivity index (χ1v) is 6.92. The first kappa shape index (κ1) is 15.3. The molecule has 0 aromatic heterocycles. The third-order valence-electron chi connectivity index (χ3n) is 2.80. The van der Waals surface area contributed by atoms with E-state index in [2.05, 4.69) is 10.6 Å². The van der Waals surface area contributed by atoms with Crippen LogP contribution in [0.5, 0.6) is 0 Å². The summed E-state index contributed by atoms with van der Waals surface area (Å²) in [5.41, 5.74) is 2.54. The molecular formula is C15H13ClN2O2S. The van der Waals surface area contributed by atoms with Crippen LogP contribution in [0.1, 0.15) is 15.9 Å². The molecule has 2 aromatic carbocycles. The van der Waals surface area contributed by atoms with Crippen molar-refractivity contribution in [1.82, 2.24) is 0 Å². The van der Waals surface area contributed by atoms with Gasteiger partial charge < -0.3 is 15.7 Å². The molecule has 0 atom stereocenters. The van der Waals surface area contributed by atoms with Gasteiger partial charge in [-0.05, 0) is 55.0 Å². The third-order valence-corrected chi connectivity index (χ3v) is 3.41. The molecule has 0 saturated carbocycles. The number of hydrogen-bond donors (Lipinski definition) is 3. The number of hydrogen-bond acceptors (Lipinski definition) is 2. The lowest BCUT2D eigenvalue weighted by atomic mass is 10.2. The predicted octanol–water partition coefficient (Wildman–Crippen LogP) is 4.16. The summed E-state index contributed by atoms with van der Waals surface area (Å²) in [6.45, 7) is 1.92. The largest absolute Gasteiger partial charge is 0.478 e. The van der Waals surface area contributed by atoms with Crippen molar-refractivity contribution in [3.05, 3.63) is 58.6 Å². The minimum atomic E-state index is -0.983. The summed E-state index contributed by atoms with van der Waals surface area (Å²) in [7, 11) is 0.